The highest BCUT2D eigenvalue weighted by Gasteiger charge is 2.32. The van der Waals surface area contributed by atoms with Gasteiger partial charge >= 0.3 is 0 Å². The minimum atomic E-state index is -3.69. The SMILES string of the molecule is CC1CN(S(=O)(=O)c2cccc(C(=O)N(C)CC(C)(C)CN)c2)CC(C)O1.Cl. The second kappa shape index (κ2) is 9.54. The molecule has 7 nitrogen and oxygen atoms in total. The fourth-order valence-electron chi connectivity index (χ4n) is 3.26. The summed E-state index contributed by atoms with van der Waals surface area (Å²) in [6, 6.07) is 6.22. The summed E-state index contributed by atoms with van der Waals surface area (Å²) in [7, 11) is -1.99. The topological polar surface area (TPSA) is 92.9 Å². The van der Waals surface area contributed by atoms with Gasteiger partial charge < -0.3 is 15.4 Å². The number of rotatable bonds is 6. The van der Waals surface area contributed by atoms with Gasteiger partial charge in [-0.3, -0.25) is 4.79 Å². The van der Waals surface area contributed by atoms with Gasteiger partial charge in [-0.2, -0.15) is 4.31 Å². The van der Waals surface area contributed by atoms with Gasteiger partial charge in [-0.1, -0.05) is 19.9 Å². The molecule has 2 atom stereocenters. The minimum Gasteiger partial charge on any atom is -0.373 e. The summed E-state index contributed by atoms with van der Waals surface area (Å²) in [5, 5.41) is 0. The van der Waals surface area contributed by atoms with Gasteiger partial charge in [-0.05, 0) is 44.0 Å². The molecule has 2 N–H and O–H groups in total. The number of nitrogens with zero attached hydrogens (tertiary/aromatic N) is 2. The molecule has 2 unspecified atom stereocenters. The van der Waals surface area contributed by atoms with Crippen molar-refractivity contribution in [2.75, 3.05) is 33.2 Å². The molecule has 9 heteroatoms. The third-order valence-electron chi connectivity index (χ3n) is 4.67. The van der Waals surface area contributed by atoms with E-state index in [1.807, 2.05) is 27.7 Å². The first-order valence-electron chi connectivity index (χ1n) is 9.17. The predicted octanol–water partition coefficient (Wildman–Crippen LogP) is 1.96. The Bertz CT molecular complexity index is 775. The molecule has 1 aliphatic heterocycles. The third kappa shape index (κ3) is 5.90. The fraction of sp³-hybridized carbons (Fsp3) is 0.632. The summed E-state index contributed by atoms with van der Waals surface area (Å²) in [5.41, 5.74) is 5.88. The molecule has 1 heterocycles. The Morgan fingerprint density at radius 2 is 1.86 bits per heavy atom. The second-order valence-electron chi connectivity index (χ2n) is 8.14. The monoisotopic (exact) mass is 433 g/mol. The Balaban J connectivity index is 0.00000392. The molecule has 160 valence electrons. The number of hydrogen-bond donors (Lipinski definition) is 1. The van der Waals surface area contributed by atoms with Crippen molar-refractivity contribution in [1.82, 2.24) is 9.21 Å². The molecule has 1 fully saturated rings. The van der Waals surface area contributed by atoms with Crippen molar-refractivity contribution in [1.29, 1.82) is 0 Å². The maximum absolute atomic E-state index is 13.0. The molecule has 2 rings (SSSR count). The smallest absolute Gasteiger partial charge is 0.253 e. The van der Waals surface area contributed by atoms with E-state index >= 15 is 0 Å². The predicted molar refractivity (Wildman–Crippen MR) is 112 cm³/mol. The van der Waals surface area contributed by atoms with Crippen molar-refractivity contribution in [2.24, 2.45) is 11.1 Å². The Kier molecular flexibility index (Phi) is 8.47. The molecular formula is C19H32ClN3O4S. The molecule has 28 heavy (non-hydrogen) atoms. The van der Waals surface area contributed by atoms with Crippen LogP contribution in [0.2, 0.25) is 0 Å². The van der Waals surface area contributed by atoms with E-state index < -0.39 is 10.0 Å². The van der Waals surface area contributed by atoms with E-state index in [1.165, 1.54) is 16.4 Å². The maximum Gasteiger partial charge on any atom is 0.253 e. The van der Waals surface area contributed by atoms with Crippen LogP contribution in [0.15, 0.2) is 29.2 Å². The number of carbonyl (C=O) groups is 1. The molecule has 0 aliphatic carbocycles. The van der Waals surface area contributed by atoms with Gasteiger partial charge in [-0.15, -0.1) is 12.4 Å². The summed E-state index contributed by atoms with van der Waals surface area (Å²) >= 11 is 0. The number of halogens is 1. The highest BCUT2D eigenvalue weighted by Crippen LogP contribution is 2.23. The summed E-state index contributed by atoms with van der Waals surface area (Å²) < 4.78 is 33.1. The first-order chi connectivity index (χ1) is 12.5. The van der Waals surface area contributed by atoms with Gasteiger partial charge in [0.2, 0.25) is 10.0 Å². The van der Waals surface area contributed by atoms with Crippen LogP contribution < -0.4 is 5.73 Å². The second-order valence-corrected chi connectivity index (χ2v) is 10.1. The van der Waals surface area contributed by atoms with Crippen LogP contribution in [0.25, 0.3) is 0 Å². The van der Waals surface area contributed by atoms with Crippen LogP contribution in [0.4, 0.5) is 0 Å². The van der Waals surface area contributed by atoms with Crippen LogP contribution in [-0.2, 0) is 14.8 Å². The summed E-state index contributed by atoms with van der Waals surface area (Å²) in [6.07, 6.45) is -0.337. The van der Waals surface area contributed by atoms with Crippen molar-refractivity contribution in [3.05, 3.63) is 29.8 Å². The first kappa shape index (κ1) is 24.8. The zero-order chi connectivity index (χ0) is 20.4. The Morgan fingerprint density at radius 1 is 1.29 bits per heavy atom. The van der Waals surface area contributed by atoms with E-state index in [2.05, 4.69) is 0 Å². The molecular weight excluding hydrogens is 402 g/mol. The van der Waals surface area contributed by atoms with Crippen molar-refractivity contribution < 1.29 is 17.9 Å². The van der Waals surface area contributed by atoms with Gasteiger partial charge in [0.25, 0.3) is 5.91 Å². The molecule has 0 radical (unpaired) electrons. The largest absolute Gasteiger partial charge is 0.373 e. The number of benzene rings is 1. The molecule has 1 aromatic carbocycles. The van der Waals surface area contributed by atoms with Gasteiger partial charge in [0.1, 0.15) is 0 Å². The normalized spacial score (nSPS) is 21.1. The van der Waals surface area contributed by atoms with Gasteiger partial charge in [-0.25, -0.2) is 8.42 Å². The first-order valence-corrected chi connectivity index (χ1v) is 10.6. The highest BCUT2D eigenvalue weighted by molar-refractivity contribution is 7.89. The molecule has 1 aromatic rings. The third-order valence-corrected chi connectivity index (χ3v) is 6.50. The van der Waals surface area contributed by atoms with Crippen LogP contribution in [0, 0.1) is 5.41 Å². The van der Waals surface area contributed by atoms with E-state index in [1.54, 1.807) is 24.1 Å². The molecule has 0 saturated carbocycles. The van der Waals surface area contributed by atoms with E-state index in [-0.39, 0.29) is 40.8 Å². The van der Waals surface area contributed by atoms with Crippen molar-refractivity contribution in [3.8, 4) is 0 Å². The van der Waals surface area contributed by atoms with Crippen LogP contribution in [0.1, 0.15) is 38.1 Å². The van der Waals surface area contributed by atoms with E-state index in [0.717, 1.165) is 0 Å². The molecule has 1 amide bonds. The lowest BCUT2D eigenvalue weighted by atomic mass is 9.93. The number of morpholine rings is 1. The molecule has 1 saturated heterocycles. The number of hydrogen-bond acceptors (Lipinski definition) is 5. The maximum atomic E-state index is 13.0. The van der Waals surface area contributed by atoms with Gasteiger partial charge in [0, 0.05) is 32.2 Å². The number of carbonyl (C=O) groups excluding carboxylic acids is 1. The summed E-state index contributed by atoms with van der Waals surface area (Å²) in [6.45, 7) is 9.21. The minimum absolute atomic E-state index is 0. The zero-order valence-electron chi connectivity index (χ0n) is 17.2. The van der Waals surface area contributed by atoms with Gasteiger partial charge in [0.05, 0.1) is 17.1 Å². The van der Waals surface area contributed by atoms with E-state index in [0.29, 0.717) is 31.7 Å². The average Bonchev–Trinajstić information content (AvgIpc) is 2.60. The average molecular weight is 434 g/mol. The molecule has 0 spiro atoms. The van der Waals surface area contributed by atoms with Gasteiger partial charge in [0.15, 0.2) is 0 Å². The lowest BCUT2D eigenvalue weighted by molar-refractivity contribution is -0.0440. The van der Waals surface area contributed by atoms with E-state index in [9.17, 15) is 13.2 Å². The Labute approximate surface area is 174 Å². The van der Waals surface area contributed by atoms with Crippen molar-refractivity contribution in [3.63, 3.8) is 0 Å². The highest BCUT2D eigenvalue weighted by atomic mass is 35.5. The summed E-state index contributed by atoms with van der Waals surface area (Å²) in [4.78, 5) is 14.5. The lowest BCUT2D eigenvalue weighted by Crippen LogP contribution is -2.48. The molecule has 0 aromatic heterocycles. The number of amides is 1. The molecule has 1 aliphatic rings. The standard InChI is InChI=1S/C19H31N3O4S.ClH/c1-14-10-22(11-15(2)26-14)27(24,25)17-8-6-7-16(9-17)18(23)21(5)13-19(3,4)12-20;/h6-9,14-15H,10-13,20H2,1-5H3;1H. The quantitative estimate of drug-likeness (QED) is 0.740. The van der Waals surface area contributed by atoms with Crippen LogP contribution in [0.3, 0.4) is 0 Å². The fourth-order valence-corrected chi connectivity index (χ4v) is 4.90. The van der Waals surface area contributed by atoms with E-state index in [4.69, 9.17) is 10.5 Å². The molecule has 0 bridgehead atoms. The summed E-state index contributed by atoms with van der Waals surface area (Å²) in [5.74, 6) is -0.225. The van der Waals surface area contributed by atoms with Crippen LogP contribution in [-0.4, -0.2) is 69.0 Å². The number of sulfonamides is 1. The Morgan fingerprint density at radius 3 is 2.39 bits per heavy atom. The van der Waals surface area contributed by atoms with Crippen LogP contribution in [0.5, 0.6) is 0 Å². The Hall–Kier alpha value is -1.19. The van der Waals surface area contributed by atoms with Crippen molar-refractivity contribution >= 4 is 28.3 Å². The number of nitrogens with two attached hydrogens (primary N) is 1. The van der Waals surface area contributed by atoms with Crippen LogP contribution >= 0.6 is 12.4 Å². The number of ether oxygens (including phenoxy) is 1. The van der Waals surface area contributed by atoms with Crippen molar-refractivity contribution in [2.45, 2.75) is 44.8 Å². The zero-order valence-corrected chi connectivity index (χ0v) is 18.8. The lowest BCUT2D eigenvalue weighted by Gasteiger charge is -2.34.